The number of thioether (sulfide) groups is 1. The number of ether oxygens (including phenoxy) is 1. The molecule has 0 bridgehead atoms. The Balaban J connectivity index is 1.90. The molecule has 1 aromatic rings. The summed E-state index contributed by atoms with van der Waals surface area (Å²) in [7, 11) is 0. The van der Waals surface area contributed by atoms with Gasteiger partial charge in [-0.3, -0.25) is 9.59 Å². The van der Waals surface area contributed by atoms with Gasteiger partial charge in [0.2, 0.25) is 5.91 Å². The maximum Gasteiger partial charge on any atom is 0.254 e. The number of nitrogens with one attached hydrogen (secondary N) is 1. The number of carbonyl (C=O) groups excluding carboxylic acids is 2. The van der Waals surface area contributed by atoms with E-state index in [0.717, 1.165) is 24.2 Å². The van der Waals surface area contributed by atoms with Crippen molar-refractivity contribution in [2.75, 3.05) is 32.0 Å². The van der Waals surface area contributed by atoms with Crippen LogP contribution < -0.4 is 11.1 Å². The summed E-state index contributed by atoms with van der Waals surface area (Å²) in [6.07, 6.45) is 2.78. The lowest BCUT2D eigenvalue weighted by Crippen LogP contribution is -2.41. The highest BCUT2D eigenvalue weighted by molar-refractivity contribution is 8.00. The zero-order valence-corrected chi connectivity index (χ0v) is 17.1. The van der Waals surface area contributed by atoms with Crippen molar-refractivity contribution in [1.29, 1.82) is 0 Å². The van der Waals surface area contributed by atoms with E-state index < -0.39 is 0 Å². The molecule has 1 saturated heterocycles. The molecule has 0 unspecified atom stereocenters. The first-order chi connectivity index (χ1) is 13.0. The summed E-state index contributed by atoms with van der Waals surface area (Å²) in [5.74, 6) is 0.315. The molecule has 150 valence electrons. The van der Waals surface area contributed by atoms with E-state index in [1.807, 2.05) is 43.0 Å². The van der Waals surface area contributed by atoms with E-state index in [9.17, 15) is 9.59 Å². The van der Waals surface area contributed by atoms with Crippen molar-refractivity contribution in [2.24, 2.45) is 5.73 Å². The number of nitrogens with zero attached hydrogens (tertiary/aromatic N) is 1. The van der Waals surface area contributed by atoms with Crippen molar-refractivity contribution in [3.63, 3.8) is 0 Å². The molecule has 1 heterocycles. The zero-order chi connectivity index (χ0) is 19.6. The van der Waals surface area contributed by atoms with Gasteiger partial charge in [0, 0.05) is 30.6 Å². The van der Waals surface area contributed by atoms with Crippen molar-refractivity contribution in [3.05, 3.63) is 29.8 Å². The third-order valence-corrected chi connectivity index (χ3v) is 5.43. The molecule has 3 N–H and O–H groups in total. The highest BCUT2D eigenvalue weighted by Crippen LogP contribution is 2.25. The van der Waals surface area contributed by atoms with E-state index in [2.05, 4.69) is 5.32 Å². The number of benzene rings is 1. The van der Waals surface area contributed by atoms with Crippen LogP contribution in [-0.4, -0.2) is 60.9 Å². The Labute approximate surface area is 166 Å². The molecule has 2 rings (SSSR count). The highest BCUT2D eigenvalue weighted by Gasteiger charge is 2.25. The van der Waals surface area contributed by atoms with Gasteiger partial charge in [-0.25, -0.2) is 0 Å². The van der Waals surface area contributed by atoms with E-state index in [1.54, 1.807) is 0 Å². The predicted molar refractivity (Wildman–Crippen MR) is 109 cm³/mol. The number of hydrogen-bond acceptors (Lipinski definition) is 5. The number of nitrogens with two attached hydrogens (primary N) is 1. The lowest BCUT2D eigenvalue weighted by Gasteiger charge is -2.32. The van der Waals surface area contributed by atoms with Gasteiger partial charge in [0.15, 0.2) is 0 Å². The van der Waals surface area contributed by atoms with Crippen molar-refractivity contribution >= 4 is 23.6 Å². The molecule has 6 nitrogen and oxygen atoms in total. The smallest absolute Gasteiger partial charge is 0.254 e. The molecular weight excluding hydrogens is 362 g/mol. The summed E-state index contributed by atoms with van der Waals surface area (Å²) in [5.41, 5.74) is 6.16. The second kappa shape index (κ2) is 11.3. The number of hydrogen-bond donors (Lipinski definition) is 2. The van der Waals surface area contributed by atoms with E-state index in [4.69, 9.17) is 10.5 Å². The SMILES string of the molecule is CC(C)NC(=O)CSc1ccccc1C(=O)N1CCC(OCCCN)CC1. The second-order valence-corrected chi connectivity index (χ2v) is 8.03. The lowest BCUT2D eigenvalue weighted by molar-refractivity contribution is -0.119. The molecule has 0 atom stereocenters. The van der Waals surface area contributed by atoms with Crippen LogP contribution in [-0.2, 0) is 9.53 Å². The largest absolute Gasteiger partial charge is 0.378 e. The van der Waals surface area contributed by atoms with Gasteiger partial charge in [-0.1, -0.05) is 12.1 Å². The molecule has 1 aromatic carbocycles. The molecular formula is C20H31N3O3S. The maximum absolute atomic E-state index is 13.0. The van der Waals surface area contributed by atoms with Crippen LogP contribution in [0, 0.1) is 0 Å². The lowest BCUT2D eigenvalue weighted by atomic mass is 10.1. The maximum atomic E-state index is 13.0. The summed E-state index contributed by atoms with van der Waals surface area (Å²) in [6.45, 7) is 6.58. The Hall–Kier alpha value is -1.57. The minimum atomic E-state index is -0.0207. The Kier molecular flexibility index (Phi) is 9.10. The summed E-state index contributed by atoms with van der Waals surface area (Å²) >= 11 is 1.41. The fraction of sp³-hybridized carbons (Fsp3) is 0.600. The molecule has 0 radical (unpaired) electrons. The average Bonchev–Trinajstić information content (AvgIpc) is 2.66. The van der Waals surface area contributed by atoms with Gasteiger partial charge in [-0.05, 0) is 51.8 Å². The number of carbonyl (C=O) groups is 2. The van der Waals surface area contributed by atoms with Crippen LogP contribution in [0.4, 0.5) is 0 Å². The monoisotopic (exact) mass is 393 g/mol. The van der Waals surface area contributed by atoms with Gasteiger partial charge in [0.1, 0.15) is 0 Å². The van der Waals surface area contributed by atoms with E-state index in [0.29, 0.717) is 37.6 Å². The van der Waals surface area contributed by atoms with E-state index >= 15 is 0 Å². The topological polar surface area (TPSA) is 84.7 Å². The first-order valence-corrected chi connectivity index (χ1v) is 10.6. The fourth-order valence-corrected chi connectivity index (χ4v) is 3.86. The van der Waals surface area contributed by atoms with Gasteiger partial charge in [0.05, 0.1) is 17.4 Å². The van der Waals surface area contributed by atoms with Crippen molar-refractivity contribution in [1.82, 2.24) is 10.2 Å². The minimum absolute atomic E-state index is 0.0207. The first-order valence-electron chi connectivity index (χ1n) is 9.63. The molecule has 27 heavy (non-hydrogen) atoms. The molecule has 0 saturated carbocycles. The molecule has 1 fully saturated rings. The quantitative estimate of drug-likeness (QED) is 0.497. The van der Waals surface area contributed by atoms with Gasteiger partial charge in [-0.2, -0.15) is 0 Å². The number of amides is 2. The zero-order valence-electron chi connectivity index (χ0n) is 16.3. The van der Waals surface area contributed by atoms with Gasteiger partial charge in [0.25, 0.3) is 5.91 Å². The van der Waals surface area contributed by atoms with Crippen LogP contribution in [0.3, 0.4) is 0 Å². The third-order valence-electron chi connectivity index (χ3n) is 4.36. The van der Waals surface area contributed by atoms with Gasteiger partial charge in [-0.15, -0.1) is 11.8 Å². The molecule has 0 aromatic heterocycles. The van der Waals surface area contributed by atoms with Gasteiger partial charge >= 0.3 is 0 Å². The summed E-state index contributed by atoms with van der Waals surface area (Å²) in [4.78, 5) is 27.6. The number of piperidine rings is 1. The summed E-state index contributed by atoms with van der Waals surface area (Å²) in [6, 6.07) is 7.63. The Morgan fingerprint density at radius 1 is 1.30 bits per heavy atom. The van der Waals surface area contributed by atoms with Crippen LogP contribution in [0.1, 0.15) is 43.5 Å². The number of likely N-dealkylation sites (tertiary alicyclic amines) is 1. The standard InChI is InChI=1S/C20H31N3O3S/c1-15(2)22-19(24)14-27-18-7-4-3-6-17(18)20(25)23-11-8-16(9-12-23)26-13-5-10-21/h3-4,6-7,15-16H,5,8-14,21H2,1-2H3,(H,22,24). The highest BCUT2D eigenvalue weighted by atomic mass is 32.2. The molecule has 0 aliphatic carbocycles. The average molecular weight is 394 g/mol. The van der Waals surface area contributed by atoms with Crippen LogP contribution in [0.2, 0.25) is 0 Å². The summed E-state index contributed by atoms with van der Waals surface area (Å²) < 4.78 is 5.81. The Morgan fingerprint density at radius 2 is 2.00 bits per heavy atom. The molecule has 2 amide bonds. The van der Waals surface area contributed by atoms with E-state index in [1.165, 1.54) is 11.8 Å². The van der Waals surface area contributed by atoms with Crippen LogP contribution >= 0.6 is 11.8 Å². The summed E-state index contributed by atoms with van der Waals surface area (Å²) in [5, 5.41) is 2.87. The van der Waals surface area contributed by atoms with Crippen LogP contribution in [0.15, 0.2) is 29.2 Å². The van der Waals surface area contributed by atoms with Crippen molar-refractivity contribution < 1.29 is 14.3 Å². The molecule has 7 heteroatoms. The fourth-order valence-electron chi connectivity index (χ4n) is 3.01. The van der Waals surface area contributed by atoms with Crippen molar-refractivity contribution in [2.45, 2.75) is 50.2 Å². The first kappa shape index (κ1) is 21.7. The predicted octanol–water partition coefficient (Wildman–Crippen LogP) is 2.27. The second-order valence-electron chi connectivity index (χ2n) is 7.01. The molecule has 1 aliphatic rings. The van der Waals surface area contributed by atoms with Crippen LogP contribution in [0.25, 0.3) is 0 Å². The minimum Gasteiger partial charge on any atom is -0.378 e. The third kappa shape index (κ3) is 7.16. The van der Waals surface area contributed by atoms with Crippen molar-refractivity contribution in [3.8, 4) is 0 Å². The number of rotatable bonds is 9. The van der Waals surface area contributed by atoms with Crippen LogP contribution in [0.5, 0.6) is 0 Å². The normalized spacial score (nSPS) is 15.2. The van der Waals surface area contributed by atoms with E-state index in [-0.39, 0.29) is 24.0 Å². The molecule has 1 aliphatic heterocycles. The molecule has 0 spiro atoms. The Morgan fingerprint density at radius 3 is 2.67 bits per heavy atom. The van der Waals surface area contributed by atoms with Gasteiger partial charge < -0.3 is 20.7 Å². The Bertz CT molecular complexity index is 616.